The first-order chi connectivity index (χ1) is 12.5. The number of nitrogens with one attached hydrogen (secondary N) is 1. The molecule has 26 heavy (non-hydrogen) atoms. The van der Waals surface area contributed by atoms with Gasteiger partial charge in [0.15, 0.2) is 0 Å². The number of pyridine rings is 1. The number of rotatable bonds is 6. The van der Waals surface area contributed by atoms with Crippen LogP contribution in [0.15, 0.2) is 53.4 Å². The maximum Gasteiger partial charge on any atom is 0.224 e. The van der Waals surface area contributed by atoms with Gasteiger partial charge in [-0.3, -0.25) is 9.78 Å². The summed E-state index contributed by atoms with van der Waals surface area (Å²) in [6.07, 6.45) is 0.362. The van der Waals surface area contributed by atoms with Crippen LogP contribution in [0.4, 0.5) is 0 Å². The number of halogens is 1. The summed E-state index contributed by atoms with van der Waals surface area (Å²) < 4.78 is 0. The van der Waals surface area contributed by atoms with E-state index in [1.54, 1.807) is 11.8 Å². The fourth-order valence-corrected chi connectivity index (χ4v) is 3.84. The molecule has 1 heterocycles. The Morgan fingerprint density at radius 3 is 2.62 bits per heavy atom. The van der Waals surface area contributed by atoms with Crippen molar-refractivity contribution in [3.05, 3.63) is 70.4 Å². The summed E-state index contributed by atoms with van der Waals surface area (Å²) >= 11 is 7.58. The third-order valence-corrected chi connectivity index (χ3v) is 5.60. The Balaban J connectivity index is 1.56. The lowest BCUT2D eigenvalue weighted by Gasteiger charge is -2.12. The van der Waals surface area contributed by atoms with Gasteiger partial charge in [0.1, 0.15) is 0 Å². The number of hydrogen-bond acceptors (Lipinski definition) is 3. The van der Waals surface area contributed by atoms with E-state index >= 15 is 0 Å². The number of fused-ring (bicyclic) bond motifs is 1. The molecule has 2 aromatic carbocycles. The minimum Gasteiger partial charge on any atom is -0.355 e. The van der Waals surface area contributed by atoms with Crippen LogP contribution in [-0.4, -0.2) is 23.2 Å². The van der Waals surface area contributed by atoms with Gasteiger partial charge >= 0.3 is 0 Å². The quantitative estimate of drug-likeness (QED) is 0.482. The van der Waals surface area contributed by atoms with Crippen LogP contribution in [-0.2, 0) is 11.2 Å². The van der Waals surface area contributed by atoms with Crippen LogP contribution in [0.2, 0.25) is 5.02 Å². The van der Waals surface area contributed by atoms with Gasteiger partial charge in [-0.1, -0.05) is 29.8 Å². The van der Waals surface area contributed by atoms with Gasteiger partial charge in [-0.15, -0.1) is 11.8 Å². The number of aryl methyl sites for hydroxylation is 2. The monoisotopic (exact) mass is 384 g/mol. The number of para-hydroxylation sites is 1. The summed E-state index contributed by atoms with van der Waals surface area (Å²) in [6, 6.07) is 15.8. The average molecular weight is 385 g/mol. The van der Waals surface area contributed by atoms with Gasteiger partial charge in [-0.2, -0.15) is 0 Å². The largest absolute Gasteiger partial charge is 0.355 e. The van der Waals surface area contributed by atoms with Gasteiger partial charge in [-0.05, 0) is 55.3 Å². The second-order valence-corrected chi connectivity index (χ2v) is 7.75. The minimum absolute atomic E-state index is 0.0324. The molecule has 0 unspecified atom stereocenters. The molecule has 5 heteroatoms. The first-order valence-electron chi connectivity index (χ1n) is 8.54. The summed E-state index contributed by atoms with van der Waals surface area (Å²) in [5, 5.41) is 4.85. The lowest BCUT2D eigenvalue weighted by atomic mass is 9.99. The van der Waals surface area contributed by atoms with Crippen molar-refractivity contribution in [3.8, 4) is 0 Å². The molecule has 0 aliphatic rings. The molecule has 1 N–H and O–H groups in total. The maximum absolute atomic E-state index is 12.3. The van der Waals surface area contributed by atoms with E-state index in [1.165, 1.54) is 0 Å². The third-order valence-electron chi connectivity index (χ3n) is 4.33. The number of carbonyl (C=O) groups is 1. The highest BCUT2D eigenvalue weighted by Gasteiger charge is 2.12. The molecule has 0 fully saturated rings. The summed E-state index contributed by atoms with van der Waals surface area (Å²) in [5.74, 6) is 0.853. The Kier molecular flexibility index (Phi) is 6.17. The third kappa shape index (κ3) is 4.57. The number of hydrogen-bond donors (Lipinski definition) is 1. The molecule has 0 saturated heterocycles. The number of nitrogens with zero attached hydrogens (tertiary/aromatic N) is 1. The average Bonchev–Trinajstić information content (AvgIpc) is 2.64. The zero-order valence-electron chi connectivity index (χ0n) is 14.9. The van der Waals surface area contributed by atoms with Crippen LogP contribution < -0.4 is 5.32 Å². The van der Waals surface area contributed by atoms with Gasteiger partial charge in [0.2, 0.25) is 5.91 Å². The summed E-state index contributed by atoms with van der Waals surface area (Å²) in [5.41, 5.74) is 4.06. The van der Waals surface area contributed by atoms with Crippen molar-refractivity contribution in [2.24, 2.45) is 0 Å². The van der Waals surface area contributed by atoms with E-state index in [9.17, 15) is 4.79 Å². The van der Waals surface area contributed by atoms with Crippen LogP contribution >= 0.6 is 23.4 Å². The fraction of sp³-hybridized carbons (Fsp3) is 0.238. The standard InChI is InChI=1S/C21H21ClN2OS/c1-14-18-5-3-4-6-20(18)24-15(2)19(14)13-21(25)23-11-12-26-17-9-7-16(22)8-10-17/h3-10H,11-13H2,1-2H3,(H,23,25). The van der Waals surface area contributed by atoms with Crippen molar-refractivity contribution >= 4 is 40.2 Å². The predicted octanol–water partition coefficient (Wildman–Crippen LogP) is 4.96. The highest BCUT2D eigenvalue weighted by atomic mass is 35.5. The molecule has 0 aliphatic heterocycles. The van der Waals surface area contributed by atoms with Crippen molar-refractivity contribution in [1.82, 2.24) is 10.3 Å². The first-order valence-corrected chi connectivity index (χ1v) is 9.91. The second kappa shape index (κ2) is 8.56. The lowest BCUT2D eigenvalue weighted by Crippen LogP contribution is -2.28. The zero-order chi connectivity index (χ0) is 18.5. The van der Waals surface area contributed by atoms with Crippen molar-refractivity contribution in [2.75, 3.05) is 12.3 Å². The number of thioether (sulfide) groups is 1. The van der Waals surface area contributed by atoms with Gasteiger partial charge in [0.05, 0.1) is 11.9 Å². The van der Waals surface area contributed by atoms with Gasteiger partial charge in [0, 0.05) is 33.3 Å². The molecule has 0 aliphatic carbocycles. The van der Waals surface area contributed by atoms with E-state index in [-0.39, 0.29) is 5.91 Å². The van der Waals surface area contributed by atoms with E-state index in [2.05, 4.69) is 23.3 Å². The van der Waals surface area contributed by atoms with Crippen LogP contribution in [0.25, 0.3) is 10.9 Å². The van der Waals surface area contributed by atoms with Crippen LogP contribution in [0.1, 0.15) is 16.8 Å². The number of carbonyl (C=O) groups excluding carboxylic acids is 1. The molecule has 0 atom stereocenters. The van der Waals surface area contributed by atoms with E-state index in [1.807, 2.05) is 49.4 Å². The zero-order valence-corrected chi connectivity index (χ0v) is 16.5. The molecule has 0 radical (unpaired) electrons. The van der Waals surface area contributed by atoms with Gasteiger partial charge < -0.3 is 5.32 Å². The van der Waals surface area contributed by atoms with Crippen molar-refractivity contribution in [3.63, 3.8) is 0 Å². The Hall–Kier alpha value is -2.04. The van der Waals surface area contributed by atoms with E-state index < -0.39 is 0 Å². The molecule has 1 amide bonds. The van der Waals surface area contributed by atoms with Gasteiger partial charge in [-0.25, -0.2) is 0 Å². The highest BCUT2D eigenvalue weighted by molar-refractivity contribution is 7.99. The Labute approximate surface area is 163 Å². The lowest BCUT2D eigenvalue weighted by molar-refractivity contribution is -0.120. The SMILES string of the molecule is Cc1nc2ccccc2c(C)c1CC(=O)NCCSc1ccc(Cl)cc1. The molecule has 3 nitrogen and oxygen atoms in total. The maximum atomic E-state index is 12.3. The number of aromatic nitrogens is 1. The Morgan fingerprint density at radius 1 is 1.12 bits per heavy atom. The highest BCUT2D eigenvalue weighted by Crippen LogP contribution is 2.23. The summed E-state index contributed by atoms with van der Waals surface area (Å²) in [6.45, 7) is 4.67. The molecular formula is C21H21ClN2OS. The summed E-state index contributed by atoms with van der Waals surface area (Å²) in [4.78, 5) is 18.1. The Morgan fingerprint density at radius 2 is 1.85 bits per heavy atom. The van der Waals surface area contributed by atoms with Crippen molar-refractivity contribution in [2.45, 2.75) is 25.2 Å². The van der Waals surface area contributed by atoms with Crippen LogP contribution in [0, 0.1) is 13.8 Å². The van der Waals surface area contributed by atoms with Crippen LogP contribution in [0.3, 0.4) is 0 Å². The molecule has 3 aromatic rings. The molecule has 134 valence electrons. The minimum atomic E-state index is 0.0324. The summed E-state index contributed by atoms with van der Waals surface area (Å²) in [7, 11) is 0. The van der Waals surface area contributed by atoms with E-state index in [0.29, 0.717) is 13.0 Å². The Bertz CT molecular complexity index is 925. The van der Waals surface area contributed by atoms with Gasteiger partial charge in [0.25, 0.3) is 0 Å². The molecule has 3 rings (SSSR count). The fourth-order valence-electron chi connectivity index (χ4n) is 2.94. The molecule has 0 bridgehead atoms. The van der Waals surface area contributed by atoms with E-state index in [0.717, 1.165) is 43.4 Å². The molecular weight excluding hydrogens is 364 g/mol. The number of benzene rings is 2. The smallest absolute Gasteiger partial charge is 0.224 e. The molecule has 1 aromatic heterocycles. The normalized spacial score (nSPS) is 10.9. The van der Waals surface area contributed by atoms with Crippen LogP contribution in [0.5, 0.6) is 0 Å². The second-order valence-electron chi connectivity index (χ2n) is 6.15. The number of amides is 1. The topological polar surface area (TPSA) is 42.0 Å². The molecule has 0 spiro atoms. The van der Waals surface area contributed by atoms with E-state index in [4.69, 9.17) is 11.6 Å². The van der Waals surface area contributed by atoms with Crippen molar-refractivity contribution < 1.29 is 4.79 Å². The molecule has 0 saturated carbocycles. The predicted molar refractivity (Wildman–Crippen MR) is 110 cm³/mol. The first kappa shape index (κ1) is 18.7. The van der Waals surface area contributed by atoms with Crippen molar-refractivity contribution in [1.29, 1.82) is 0 Å².